The highest BCUT2D eigenvalue weighted by Gasteiger charge is 2.07. The van der Waals surface area contributed by atoms with Gasteiger partial charge in [0.1, 0.15) is 0 Å². The molecule has 1 rings (SSSR count). The molecule has 0 spiro atoms. The molecule has 0 bridgehead atoms. The Morgan fingerprint density at radius 1 is 1.67 bits per heavy atom. The Labute approximate surface area is 75.8 Å². The summed E-state index contributed by atoms with van der Waals surface area (Å²) in [6, 6.07) is 3.31. The molecule has 1 aromatic heterocycles. The Morgan fingerprint density at radius 3 is 2.75 bits per heavy atom. The van der Waals surface area contributed by atoms with Crippen LogP contribution < -0.4 is 5.73 Å². The van der Waals surface area contributed by atoms with E-state index >= 15 is 0 Å². The molecule has 0 fully saturated rings. The molecule has 12 heavy (non-hydrogen) atoms. The van der Waals surface area contributed by atoms with E-state index in [1.807, 2.05) is 0 Å². The van der Waals surface area contributed by atoms with Crippen molar-refractivity contribution in [3.05, 3.63) is 29.6 Å². The van der Waals surface area contributed by atoms with Crippen molar-refractivity contribution in [1.29, 1.82) is 0 Å². The second-order valence-corrected chi connectivity index (χ2v) is 2.02. The molecular weight excluding hydrogens is 180 g/mol. The standard InChI is InChI=1S/C7H8N2O2.ClH/c8-4-5-2-1-3-9-6(5)7(10)11;/h1-3H,4,8H2,(H,10,11);1H. The number of rotatable bonds is 2. The highest BCUT2D eigenvalue weighted by Crippen LogP contribution is 2.02. The first-order chi connectivity index (χ1) is 5.25. The van der Waals surface area contributed by atoms with Gasteiger partial charge >= 0.3 is 5.97 Å². The van der Waals surface area contributed by atoms with Crippen molar-refractivity contribution in [3.63, 3.8) is 0 Å². The van der Waals surface area contributed by atoms with Crippen LogP contribution >= 0.6 is 12.4 Å². The van der Waals surface area contributed by atoms with Crippen LogP contribution in [0.3, 0.4) is 0 Å². The van der Waals surface area contributed by atoms with E-state index in [-0.39, 0.29) is 24.6 Å². The minimum atomic E-state index is -1.04. The van der Waals surface area contributed by atoms with E-state index in [9.17, 15) is 4.79 Å². The zero-order valence-electron chi connectivity index (χ0n) is 6.23. The van der Waals surface area contributed by atoms with Gasteiger partial charge in [-0.1, -0.05) is 6.07 Å². The second-order valence-electron chi connectivity index (χ2n) is 2.02. The lowest BCUT2D eigenvalue weighted by atomic mass is 10.2. The van der Waals surface area contributed by atoms with Crippen molar-refractivity contribution in [2.75, 3.05) is 0 Å². The number of carboxylic acids is 1. The number of hydrogen-bond donors (Lipinski definition) is 2. The normalized spacial score (nSPS) is 8.75. The van der Waals surface area contributed by atoms with Gasteiger partial charge in [-0.2, -0.15) is 0 Å². The fourth-order valence-electron chi connectivity index (χ4n) is 0.796. The van der Waals surface area contributed by atoms with Crippen LogP contribution in [0.5, 0.6) is 0 Å². The number of aromatic nitrogens is 1. The van der Waals surface area contributed by atoms with Gasteiger partial charge in [0.2, 0.25) is 0 Å². The van der Waals surface area contributed by atoms with Crippen LogP contribution in [0.4, 0.5) is 0 Å². The Bertz CT molecular complexity index is 278. The summed E-state index contributed by atoms with van der Waals surface area (Å²) in [5.74, 6) is -1.04. The summed E-state index contributed by atoms with van der Waals surface area (Å²) in [4.78, 5) is 14.1. The van der Waals surface area contributed by atoms with Gasteiger partial charge in [-0.25, -0.2) is 9.78 Å². The van der Waals surface area contributed by atoms with Gasteiger partial charge in [0.15, 0.2) is 5.69 Å². The third-order valence-electron chi connectivity index (χ3n) is 1.31. The highest BCUT2D eigenvalue weighted by molar-refractivity contribution is 5.86. The van der Waals surface area contributed by atoms with Gasteiger partial charge < -0.3 is 10.8 Å². The van der Waals surface area contributed by atoms with Crippen LogP contribution in [0.1, 0.15) is 16.1 Å². The zero-order chi connectivity index (χ0) is 8.27. The molecule has 0 aliphatic carbocycles. The molecule has 0 saturated carbocycles. The smallest absolute Gasteiger partial charge is 0.354 e. The second kappa shape index (κ2) is 4.69. The number of nitrogens with zero attached hydrogens (tertiary/aromatic N) is 1. The lowest BCUT2D eigenvalue weighted by Gasteiger charge is -1.99. The minimum absolute atomic E-state index is 0. The molecule has 0 radical (unpaired) electrons. The summed E-state index contributed by atoms with van der Waals surface area (Å²) in [6.07, 6.45) is 1.43. The van der Waals surface area contributed by atoms with Crippen molar-refractivity contribution in [2.24, 2.45) is 5.73 Å². The van der Waals surface area contributed by atoms with Gasteiger partial charge in [-0.15, -0.1) is 12.4 Å². The Hall–Kier alpha value is -1.13. The van der Waals surface area contributed by atoms with Crippen LogP contribution in [-0.2, 0) is 6.54 Å². The summed E-state index contributed by atoms with van der Waals surface area (Å²) in [6.45, 7) is 0.204. The minimum Gasteiger partial charge on any atom is -0.477 e. The van der Waals surface area contributed by atoms with Gasteiger partial charge in [0.05, 0.1) is 0 Å². The molecule has 4 nitrogen and oxygen atoms in total. The van der Waals surface area contributed by atoms with Crippen molar-refractivity contribution in [3.8, 4) is 0 Å². The lowest BCUT2D eigenvalue weighted by molar-refractivity contribution is 0.0689. The van der Waals surface area contributed by atoms with Crippen molar-refractivity contribution in [1.82, 2.24) is 4.98 Å². The van der Waals surface area contributed by atoms with E-state index in [0.717, 1.165) is 0 Å². The Morgan fingerprint density at radius 2 is 2.33 bits per heavy atom. The molecule has 0 unspecified atom stereocenters. The van der Waals surface area contributed by atoms with Gasteiger partial charge in [0.25, 0.3) is 0 Å². The van der Waals surface area contributed by atoms with Crippen LogP contribution in [0.25, 0.3) is 0 Å². The van der Waals surface area contributed by atoms with E-state index in [0.29, 0.717) is 5.56 Å². The molecule has 66 valence electrons. The molecule has 1 aromatic rings. The summed E-state index contributed by atoms with van der Waals surface area (Å²) in [5.41, 5.74) is 5.88. The predicted molar refractivity (Wildman–Crippen MR) is 46.3 cm³/mol. The summed E-state index contributed by atoms with van der Waals surface area (Å²) in [5, 5.41) is 8.58. The van der Waals surface area contributed by atoms with Crippen molar-refractivity contribution in [2.45, 2.75) is 6.54 Å². The maximum Gasteiger partial charge on any atom is 0.354 e. The zero-order valence-corrected chi connectivity index (χ0v) is 7.04. The Balaban J connectivity index is 0.00000121. The lowest BCUT2D eigenvalue weighted by Crippen LogP contribution is -2.08. The third kappa shape index (κ3) is 2.18. The molecule has 0 amide bonds. The van der Waals surface area contributed by atoms with Crippen LogP contribution in [0.15, 0.2) is 18.3 Å². The summed E-state index contributed by atoms with van der Waals surface area (Å²) in [7, 11) is 0. The first kappa shape index (κ1) is 10.9. The first-order valence-electron chi connectivity index (χ1n) is 3.13. The van der Waals surface area contributed by atoms with Crippen LogP contribution in [-0.4, -0.2) is 16.1 Å². The van der Waals surface area contributed by atoms with E-state index in [1.165, 1.54) is 6.20 Å². The molecule has 0 aliphatic heterocycles. The quantitative estimate of drug-likeness (QED) is 0.715. The number of carboxylic acid groups (broad SMARTS) is 1. The van der Waals surface area contributed by atoms with Crippen molar-refractivity contribution < 1.29 is 9.90 Å². The van der Waals surface area contributed by atoms with Crippen LogP contribution in [0, 0.1) is 0 Å². The van der Waals surface area contributed by atoms with Gasteiger partial charge in [-0.05, 0) is 11.6 Å². The fourth-order valence-corrected chi connectivity index (χ4v) is 0.796. The molecule has 0 atom stereocenters. The maximum absolute atomic E-state index is 10.5. The van der Waals surface area contributed by atoms with E-state index < -0.39 is 5.97 Å². The summed E-state index contributed by atoms with van der Waals surface area (Å²) < 4.78 is 0. The number of hydrogen-bond acceptors (Lipinski definition) is 3. The summed E-state index contributed by atoms with van der Waals surface area (Å²) >= 11 is 0. The number of aromatic carboxylic acids is 1. The topological polar surface area (TPSA) is 76.2 Å². The third-order valence-corrected chi connectivity index (χ3v) is 1.31. The SMILES string of the molecule is Cl.NCc1cccnc1C(=O)O. The van der Waals surface area contributed by atoms with E-state index in [2.05, 4.69) is 4.98 Å². The monoisotopic (exact) mass is 188 g/mol. The first-order valence-corrected chi connectivity index (χ1v) is 3.13. The molecule has 5 heteroatoms. The molecule has 3 N–H and O–H groups in total. The Kier molecular flexibility index (Phi) is 4.25. The number of halogens is 1. The van der Waals surface area contributed by atoms with Gasteiger partial charge in [0, 0.05) is 12.7 Å². The maximum atomic E-state index is 10.5. The number of pyridine rings is 1. The average molecular weight is 189 g/mol. The molecule has 1 heterocycles. The van der Waals surface area contributed by atoms with Gasteiger partial charge in [-0.3, -0.25) is 0 Å². The van der Waals surface area contributed by atoms with E-state index in [4.69, 9.17) is 10.8 Å². The number of carbonyl (C=O) groups is 1. The fraction of sp³-hybridized carbons (Fsp3) is 0.143. The largest absolute Gasteiger partial charge is 0.477 e. The predicted octanol–water partition coefficient (Wildman–Crippen LogP) is 0.660. The molecular formula is C7H9ClN2O2. The molecule has 0 aromatic carbocycles. The van der Waals surface area contributed by atoms with E-state index in [1.54, 1.807) is 12.1 Å². The highest BCUT2D eigenvalue weighted by atomic mass is 35.5. The average Bonchev–Trinajstić information content (AvgIpc) is 2.04. The molecule has 0 aliphatic rings. The van der Waals surface area contributed by atoms with Crippen LogP contribution in [0.2, 0.25) is 0 Å². The van der Waals surface area contributed by atoms with Crippen molar-refractivity contribution >= 4 is 18.4 Å². The number of nitrogens with two attached hydrogens (primary N) is 1. The molecule has 0 saturated heterocycles.